The minimum absolute atomic E-state index is 0.135. The molecule has 9 heteroatoms. The second kappa shape index (κ2) is 6.25. The Balaban J connectivity index is 1.82. The van der Waals surface area contributed by atoms with E-state index in [2.05, 4.69) is 6.08 Å². The minimum atomic E-state index is -5.83. The zero-order valence-electron chi connectivity index (χ0n) is 12.3. The fourth-order valence-electron chi connectivity index (χ4n) is 2.99. The molecule has 2 bridgehead atoms. The highest BCUT2D eigenvalue weighted by Crippen LogP contribution is 2.45. The molecule has 0 aromatic rings. The summed E-state index contributed by atoms with van der Waals surface area (Å²) in [5.74, 6) is 0.631. The Bertz CT molecular complexity index is 431. The maximum atomic E-state index is 12.5. The van der Waals surface area contributed by atoms with E-state index in [1.807, 2.05) is 6.08 Å². The van der Waals surface area contributed by atoms with Crippen molar-refractivity contribution in [2.75, 3.05) is 6.61 Å². The van der Waals surface area contributed by atoms with Gasteiger partial charge in [0, 0.05) is 12.3 Å². The lowest BCUT2D eigenvalue weighted by Gasteiger charge is -2.32. The average molecular weight is 348 g/mol. The Labute approximate surface area is 129 Å². The van der Waals surface area contributed by atoms with E-state index < -0.39 is 37.3 Å². The van der Waals surface area contributed by atoms with Crippen LogP contribution in [0, 0.1) is 11.8 Å². The lowest BCUT2D eigenvalue weighted by Crippen LogP contribution is -2.57. The van der Waals surface area contributed by atoms with E-state index in [-0.39, 0.29) is 12.0 Å². The van der Waals surface area contributed by atoms with Gasteiger partial charge in [-0.15, -0.1) is 0 Å². The van der Waals surface area contributed by atoms with Gasteiger partial charge in [0.2, 0.25) is 0 Å². The van der Waals surface area contributed by atoms with Crippen LogP contribution in [0.5, 0.6) is 0 Å². The molecule has 134 valence electrons. The summed E-state index contributed by atoms with van der Waals surface area (Å²) >= 11 is 0. The molecular formula is C14H18F6O3. The highest BCUT2D eigenvalue weighted by molar-refractivity contribution is 5.11. The molecule has 2 aliphatic rings. The molecule has 0 radical (unpaired) electrons. The first kappa shape index (κ1) is 18.5. The average Bonchev–Trinajstić information content (AvgIpc) is 2.97. The lowest BCUT2D eigenvalue weighted by atomic mass is 9.99. The van der Waals surface area contributed by atoms with Gasteiger partial charge in [0.05, 0.1) is 12.7 Å². The first-order valence-corrected chi connectivity index (χ1v) is 7.25. The van der Waals surface area contributed by atoms with Gasteiger partial charge in [0.1, 0.15) is 0 Å². The first-order valence-electron chi connectivity index (χ1n) is 7.25. The molecule has 3 nitrogen and oxygen atoms in total. The molecule has 4 unspecified atom stereocenters. The van der Waals surface area contributed by atoms with Crippen LogP contribution in [0.2, 0.25) is 0 Å². The van der Waals surface area contributed by atoms with E-state index in [1.54, 1.807) is 0 Å². The smallest absolute Gasteiger partial charge is 0.374 e. The van der Waals surface area contributed by atoms with Crippen molar-refractivity contribution < 1.29 is 40.9 Å². The summed E-state index contributed by atoms with van der Waals surface area (Å²) in [6.07, 6.45) is -8.58. The highest BCUT2D eigenvalue weighted by Gasteiger charge is 2.69. The summed E-state index contributed by atoms with van der Waals surface area (Å²) in [5.41, 5.74) is -4.78. The molecule has 1 saturated carbocycles. The van der Waals surface area contributed by atoms with Crippen LogP contribution in [0.4, 0.5) is 26.3 Å². The van der Waals surface area contributed by atoms with Crippen LogP contribution in [0.1, 0.15) is 26.2 Å². The van der Waals surface area contributed by atoms with E-state index in [0.29, 0.717) is 5.92 Å². The van der Waals surface area contributed by atoms with Crippen LogP contribution in [-0.2, 0) is 9.47 Å². The molecule has 23 heavy (non-hydrogen) atoms. The van der Waals surface area contributed by atoms with Gasteiger partial charge >= 0.3 is 12.4 Å². The van der Waals surface area contributed by atoms with Gasteiger partial charge in [-0.2, -0.15) is 26.3 Å². The van der Waals surface area contributed by atoms with E-state index in [4.69, 9.17) is 14.6 Å². The molecule has 0 heterocycles. The Morgan fingerprint density at radius 2 is 1.70 bits per heavy atom. The Morgan fingerprint density at radius 3 is 2.13 bits per heavy atom. The third-order valence-corrected chi connectivity index (χ3v) is 4.34. The van der Waals surface area contributed by atoms with Crippen LogP contribution in [-0.4, -0.2) is 42.1 Å². The summed E-state index contributed by atoms with van der Waals surface area (Å²) in [6, 6.07) is 0. The van der Waals surface area contributed by atoms with Gasteiger partial charge < -0.3 is 14.6 Å². The van der Waals surface area contributed by atoms with E-state index in [9.17, 15) is 26.3 Å². The molecule has 4 atom stereocenters. The second-order valence-electron chi connectivity index (χ2n) is 6.00. The van der Waals surface area contributed by atoms with E-state index >= 15 is 0 Å². The van der Waals surface area contributed by atoms with Crippen molar-refractivity contribution in [2.24, 2.45) is 11.8 Å². The van der Waals surface area contributed by atoms with Crippen LogP contribution in [0.3, 0.4) is 0 Å². The number of fused-ring (bicyclic) bond motifs is 2. The highest BCUT2D eigenvalue weighted by atomic mass is 19.4. The number of alkyl halides is 6. The van der Waals surface area contributed by atoms with Crippen molar-refractivity contribution in [2.45, 2.75) is 56.5 Å². The summed E-state index contributed by atoms with van der Waals surface area (Å²) in [6.45, 7) is 0.489. The minimum Gasteiger partial charge on any atom is -0.374 e. The number of rotatable bonds is 6. The maximum absolute atomic E-state index is 12.5. The van der Waals surface area contributed by atoms with Crippen LogP contribution >= 0.6 is 0 Å². The SMILES string of the molecule is CC(OCCC(O)(C(F)(F)F)C(F)(F)F)OC1CC2C=CC1C2. The van der Waals surface area contributed by atoms with Crippen LogP contribution < -0.4 is 0 Å². The molecule has 1 N–H and O–H groups in total. The summed E-state index contributed by atoms with van der Waals surface area (Å²) in [4.78, 5) is 0. The van der Waals surface area contributed by atoms with Gasteiger partial charge in [-0.1, -0.05) is 12.2 Å². The van der Waals surface area contributed by atoms with Crippen molar-refractivity contribution in [1.29, 1.82) is 0 Å². The number of hydrogen-bond donors (Lipinski definition) is 1. The monoisotopic (exact) mass is 348 g/mol. The predicted octanol–water partition coefficient (Wildman–Crippen LogP) is 3.58. The van der Waals surface area contributed by atoms with Gasteiger partial charge in [-0.05, 0) is 25.7 Å². The first-order chi connectivity index (χ1) is 10.4. The van der Waals surface area contributed by atoms with Crippen molar-refractivity contribution in [3.05, 3.63) is 12.2 Å². The topological polar surface area (TPSA) is 38.7 Å². The number of aliphatic hydroxyl groups is 1. The van der Waals surface area contributed by atoms with Crippen molar-refractivity contribution in [3.8, 4) is 0 Å². The summed E-state index contributed by atoms with van der Waals surface area (Å²) in [5, 5.41) is 8.99. The Hall–Kier alpha value is -0.800. The molecule has 0 spiro atoms. The third kappa shape index (κ3) is 3.83. The number of halogens is 6. The van der Waals surface area contributed by atoms with Crippen LogP contribution in [0.15, 0.2) is 12.2 Å². The van der Waals surface area contributed by atoms with Gasteiger partial charge in [0.15, 0.2) is 6.29 Å². The molecule has 1 fully saturated rings. The van der Waals surface area contributed by atoms with E-state index in [0.717, 1.165) is 12.8 Å². The fourth-order valence-corrected chi connectivity index (χ4v) is 2.99. The number of hydrogen-bond acceptors (Lipinski definition) is 3. The standard InChI is InChI=1S/C14H18F6O3/c1-8(23-11-7-9-2-3-10(11)6-9)22-5-4-12(21,13(15,16)17)14(18,19)20/h2-3,8-11,21H,4-7H2,1H3. The molecule has 0 aromatic heterocycles. The van der Waals surface area contributed by atoms with Crippen molar-refractivity contribution >= 4 is 0 Å². The Kier molecular flexibility index (Phi) is 5.04. The predicted molar refractivity (Wildman–Crippen MR) is 67.3 cm³/mol. The zero-order valence-corrected chi connectivity index (χ0v) is 12.3. The largest absolute Gasteiger partial charge is 0.426 e. The van der Waals surface area contributed by atoms with Crippen molar-refractivity contribution in [3.63, 3.8) is 0 Å². The molecular weight excluding hydrogens is 330 g/mol. The Morgan fingerprint density at radius 1 is 1.09 bits per heavy atom. The molecule has 0 aliphatic heterocycles. The number of allylic oxidation sites excluding steroid dienone is 1. The molecule has 0 saturated heterocycles. The maximum Gasteiger partial charge on any atom is 0.426 e. The normalized spacial score (nSPS) is 29.3. The van der Waals surface area contributed by atoms with Crippen molar-refractivity contribution in [1.82, 2.24) is 0 Å². The molecule has 0 aromatic carbocycles. The number of ether oxygens (including phenoxy) is 2. The van der Waals surface area contributed by atoms with Crippen LogP contribution in [0.25, 0.3) is 0 Å². The van der Waals surface area contributed by atoms with Gasteiger partial charge in [0.25, 0.3) is 5.60 Å². The quantitative estimate of drug-likeness (QED) is 0.453. The molecule has 0 amide bonds. The third-order valence-electron chi connectivity index (χ3n) is 4.34. The summed E-state index contributed by atoms with van der Waals surface area (Å²) < 4.78 is 85.3. The summed E-state index contributed by atoms with van der Waals surface area (Å²) in [7, 11) is 0. The van der Waals surface area contributed by atoms with E-state index in [1.165, 1.54) is 6.92 Å². The fraction of sp³-hybridized carbons (Fsp3) is 0.857. The second-order valence-corrected chi connectivity index (χ2v) is 6.00. The lowest BCUT2D eigenvalue weighted by molar-refractivity contribution is -0.372. The molecule has 2 rings (SSSR count). The van der Waals surface area contributed by atoms with Gasteiger partial charge in [-0.3, -0.25) is 0 Å². The molecule has 2 aliphatic carbocycles. The zero-order chi connectivity index (χ0) is 17.5. The van der Waals surface area contributed by atoms with Gasteiger partial charge in [-0.25, -0.2) is 0 Å².